The molecule has 0 saturated heterocycles. The van der Waals surface area contributed by atoms with Crippen LogP contribution in [0.5, 0.6) is 5.75 Å². The molecular weight excluding hydrogens is 176 g/mol. The van der Waals surface area contributed by atoms with E-state index in [9.17, 15) is 0 Å². The predicted molar refractivity (Wildman–Crippen MR) is 54.9 cm³/mol. The van der Waals surface area contributed by atoms with Crippen molar-refractivity contribution in [1.29, 1.82) is 5.26 Å². The smallest absolute Gasteiger partial charge is 0.124 e. The summed E-state index contributed by atoms with van der Waals surface area (Å²) in [4.78, 5) is 0. The van der Waals surface area contributed by atoms with E-state index in [0.29, 0.717) is 11.3 Å². The Kier molecular flexibility index (Phi) is 3.49. The molecule has 0 unspecified atom stereocenters. The van der Waals surface area contributed by atoms with Gasteiger partial charge in [0.15, 0.2) is 0 Å². The third-order valence-corrected chi connectivity index (χ3v) is 2.22. The quantitative estimate of drug-likeness (QED) is 0.792. The maximum absolute atomic E-state index is 8.92. The lowest BCUT2D eigenvalue weighted by atomic mass is 9.99. The molecule has 0 amide bonds. The number of rotatable bonds is 3. The summed E-state index contributed by atoms with van der Waals surface area (Å²) in [5, 5.41) is 8.92. The van der Waals surface area contributed by atoms with Crippen LogP contribution >= 0.6 is 0 Å². The zero-order valence-corrected chi connectivity index (χ0v) is 8.45. The Morgan fingerprint density at radius 1 is 1.57 bits per heavy atom. The number of nitrogens with two attached hydrogens (primary N) is 1. The fraction of sp³-hybridized carbons (Fsp3) is 0.364. The largest absolute Gasteiger partial charge is 0.496 e. The van der Waals surface area contributed by atoms with Crippen LogP contribution < -0.4 is 10.5 Å². The number of hydrogen-bond acceptors (Lipinski definition) is 3. The molecule has 2 N–H and O–H groups in total. The van der Waals surface area contributed by atoms with Gasteiger partial charge in [-0.25, -0.2) is 0 Å². The molecule has 1 aromatic rings. The van der Waals surface area contributed by atoms with Crippen LogP contribution in [0.3, 0.4) is 0 Å². The highest BCUT2D eigenvalue weighted by Crippen LogP contribution is 2.28. The minimum Gasteiger partial charge on any atom is -0.496 e. The summed E-state index contributed by atoms with van der Waals surface area (Å²) in [5.41, 5.74) is 7.32. The second kappa shape index (κ2) is 4.64. The lowest BCUT2D eigenvalue weighted by molar-refractivity contribution is 0.405. The Bertz CT molecular complexity index is 355. The molecule has 0 spiro atoms. The summed E-state index contributed by atoms with van der Waals surface area (Å²) < 4.78 is 5.18. The van der Waals surface area contributed by atoms with Gasteiger partial charge >= 0.3 is 0 Å². The second-order valence-corrected chi connectivity index (χ2v) is 3.05. The van der Waals surface area contributed by atoms with Crippen molar-refractivity contribution in [2.45, 2.75) is 19.4 Å². The molecule has 3 heteroatoms. The fourth-order valence-corrected chi connectivity index (χ4v) is 1.41. The first-order valence-electron chi connectivity index (χ1n) is 4.57. The van der Waals surface area contributed by atoms with E-state index in [-0.39, 0.29) is 6.04 Å². The van der Waals surface area contributed by atoms with E-state index in [0.717, 1.165) is 12.0 Å². The first kappa shape index (κ1) is 10.6. The van der Waals surface area contributed by atoms with Crippen molar-refractivity contribution in [3.05, 3.63) is 29.3 Å². The van der Waals surface area contributed by atoms with Gasteiger partial charge in [0.1, 0.15) is 5.75 Å². The Morgan fingerprint density at radius 2 is 2.29 bits per heavy atom. The van der Waals surface area contributed by atoms with Crippen LogP contribution in [0.25, 0.3) is 0 Å². The topological polar surface area (TPSA) is 59.0 Å². The number of methoxy groups -OCH3 is 1. The van der Waals surface area contributed by atoms with Crippen molar-refractivity contribution in [2.75, 3.05) is 7.11 Å². The van der Waals surface area contributed by atoms with E-state index in [2.05, 4.69) is 6.07 Å². The predicted octanol–water partition coefficient (Wildman–Crippen LogP) is 1.98. The van der Waals surface area contributed by atoms with Gasteiger partial charge in [0.25, 0.3) is 0 Å². The van der Waals surface area contributed by atoms with Crippen molar-refractivity contribution in [1.82, 2.24) is 0 Å². The summed E-state index contributed by atoms with van der Waals surface area (Å²) in [6.45, 7) is 1.98. The lowest BCUT2D eigenvalue weighted by Crippen LogP contribution is -2.12. The number of ether oxygens (including phenoxy) is 1. The van der Waals surface area contributed by atoms with E-state index >= 15 is 0 Å². The Labute approximate surface area is 84.1 Å². The first-order valence-corrected chi connectivity index (χ1v) is 4.57. The van der Waals surface area contributed by atoms with Crippen LogP contribution in [-0.4, -0.2) is 7.11 Å². The molecule has 74 valence electrons. The number of nitrogens with zero attached hydrogens (tertiary/aromatic N) is 1. The van der Waals surface area contributed by atoms with Crippen molar-refractivity contribution >= 4 is 0 Å². The molecule has 1 atom stereocenters. The molecule has 0 radical (unpaired) electrons. The molecule has 0 saturated carbocycles. The van der Waals surface area contributed by atoms with E-state index in [1.54, 1.807) is 19.2 Å². The van der Waals surface area contributed by atoms with Gasteiger partial charge in [-0.3, -0.25) is 0 Å². The van der Waals surface area contributed by atoms with Crippen LogP contribution in [0, 0.1) is 11.3 Å². The van der Waals surface area contributed by atoms with Crippen LogP contribution in [0.1, 0.15) is 30.5 Å². The maximum Gasteiger partial charge on any atom is 0.124 e. The average molecular weight is 190 g/mol. The van der Waals surface area contributed by atoms with Crippen molar-refractivity contribution in [3.8, 4) is 11.8 Å². The van der Waals surface area contributed by atoms with Gasteiger partial charge in [-0.15, -0.1) is 0 Å². The van der Waals surface area contributed by atoms with Crippen molar-refractivity contribution in [2.24, 2.45) is 5.73 Å². The van der Waals surface area contributed by atoms with Crippen molar-refractivity contribution in [3.63, 3.8) is 0 Å². The zero-order valence-electron chi connectivity index (χ0n) is 8.45. The summed E-state index contributed by atoms with van der Waals surface area (Å²) in [5.74, 6) is 0.693. The highest BCUT2D eigenvalue weighted by molar-refractivity contribution is 5.48. The Hall–Kier alpha value is -1.53. The molecule has 0 aliphatic carbocycles. The maximum atomic E-state index is 8.92. The molecule has 3 nitrogen and oxygen atoms in total. The molecule has 0 aliphatic heterocycles. The molecule has 0 fully saturated rings. The monoisotopic (exact) mass is 190 g/mol. The van der Waals surface area contributed by atoms with E-state index in [1.807, 2.05) is 13.0 Å². The third-order valence-electron chi connectivity index (χ3n) is 2.22. The number of benzene rings is 1. The summed E-state index contributed by atoms with van der Waals surface area (Å²) in [6.07, 6.45) is 0.787. The minimum absolute atomic E-state index is 0.138. The molecule has 0 bridgehead atoms. The molecule has 0 aromatic heterocycles. The SMILES string of the molecule is CC[C@@H](N)c1c(C#N)cccc1OC. The fourth-order valence-electron chi connectivity index (χ4n) is 1.41. The van der Waals surface area contributed by atoms with Gasteiger partial charge in [-0.2, -0.15) is 5.26 Å². The van der Waals surface area contributed by atoms with Crippen LogP contribution in [0.2, 0.25) is 0 Å². The minimum atomic E-state index is -0.138. The van der Waals surface area contributed by atoms with Gasteiger partial charge in [-0.1, -0.05) is 13.0 Å². The van der Waals surface area contributed by atoms with Crippen molar-refractivity contribution < 1.29 is 4.74 Å². The molecular formula is C11H14N2O. The van der Waals surface area contributed by atoms with E-state index in [4.69, 9.17) is 15.7 Å². The standard InChI is InChI=1S/C11H14N2O/c1-3-9(13)11-8(7-12)5-4-6-10(11)14-2/h4-6,9H,3,13H2,1-2H3/t9-/m1/s1. The Balaban J connectivity index is 3.27. The van der Waals surface area contributed by atoms with Gasteiger partial charge < -0.3 is 10.5 Å². The van der Waals surface area contributed by atoms with Crippen LogP contribution in [0.15, 0.2) is 18.2 Å². The number of nitriles is 1. The second-order valence-electron chi connectivity index (χ2n) is 3.05. The van der Waals surface area contributed by atoms with Crippen LogP contribution in [0.4, 0.5) is 0 Å². The van der Waals surface area contributed by atoms with Gasteiger partial charge in [0.05, 0.1) is 18.7 Å². The molecule has 0 aliphatic rings. The van der Waals surface area contributed by atoms with Gasteiger partial charge in [0.2, 0.25) is 0 Å². The third kappa shape index (κ3) is 1.86. The molecule has 14 heavy (non-hydrogen) atoms. The average Bonchev–Trinajstić information content (AvgIpc) is 2.26. The summed E-state index contributed by atoms with van der Waals surface area (Å²) in [6, 6.07) is 7.36. The molecule has 1 aromatic carbocycles. The highest BCUT2D eigenvalue weighted by Gasteiger charge is 2.14. The molecule has 1 rings (SSSR count). The van der Waals surface area contributed by atoms with E-state index in [1.165, 1.54) is 0 Å². The van der Waals surface area contributed by atoms with Crippen LogP contribution in [-0.2, 0) is 0 Å². The van der Waals surface area contributed by atoms with Gasteiger partial charge in [-0.05, 0) is 18.6 Å². The zero-order chi connectivity index (χ0) is 10.6. The normalized spacial score (nSPS) is 11.9. The van der Waals surface area contributed by atoms with Gasteiger partial charge in [0, 0.05) is 11.6 Å². The lowest BCUT2D eigenvalue weighted by Gasteiger charge is -2.15. The molecule has 0 heterocycles. The summed E-state index contributed by atoms with van der Waals surface area (Å²) in [7, 11) is 1.59. The summed E-state index contributed by atoms with van der Waals surface area (Å²) >= 11 is 0. The Morgan fingerprint density at radius 3 is 2.79 bits per heavy atom. The highest BCUT2D eigenvalue weighted by atomic mass is 16.5. The first-order chi connectivity index (χ1) is 6.74. The van der Waals surface area contributed by atoms with E-state index < -0.39 is 0 Å². The number of hydrogen-bond donors (Lipinski definition) is 1.